The van der Waals surface area contributed by atoms with Crippen molar-refractivity contribution >= 4 is 15.9 Å². The van der Waals surface area contributed by atoms with Crippen LogP contribution in [0.3, 0.4) is 0 Å². The van der Waals surface area contributed by atoms with Gasteiger partial charge in [0.1, 0.15) is 0 Å². The number of carbonyl (C=O) groups excluding carboxylic acids is 1. The Morgan fingerprint density at radius 2 is 1.69 bits per heavy atom. The fraction of sp³-hybridized carbons (Fsp3) is 0.333. The number of aryl methyl sites for hydroxylation is 1. The van der Waals surface area contributed by atoms with Crippen molar-refractivity contribution in [2.45, 2.75) is 44.6 Å². The van der Waals surface area contributed by atoms with E-state index in [9.17, 15) is 13.2 Å². The zero-order valence-corrected chi connectivity index (χ0v) is 19.2. The Kier molecular flexibility index (Phi) is 6.43. The summed E-state index contributed by atoms with van der Waals surface area (Å²) in [4.78, 5) is 13.1. The molecule has 1 aliphatic heterocycles. The van der Waals surface area contributed by atoms with E-state index in [1.807, 2.05) is 38.1 Å². The first-order chi connectivity index (χ1) is 15.4. The van der Waals surface area contributed by atoms with Crippen LogP contribution in [-0.4, -0.2) is 41.5 Å². The summed E-state index contributed by atoms with van der Waals surface area (Å²) in [5, 5.41) is 7.35. The maximum Gasteiger partial charge on any atom is 0.255 e. The molecule has 1 N–H and O–H groups in total. The Morgan fingerprint density at radius 3 is 2.31 bits per heavy atom. The summed E-state index contributed by atoms with van der Waals surface area (Å²) in [6.07, 6.45) is 4.08. The zero-order valence-electron chi connectivity index (χ0n) is 18.4. The van der Waals surface area contributed by atoms with Gasteiger partial charge in [0.25, 0.3) is 5.91 Å². The van der Waals surface area contributed by atoms with Crippen molar-refractivity contribution in [1.29, 1.82) is 0 Å². The molecule has 1 saturated heterocycles. The number of hydrogen-bond acceptors (Lipinski definition) is 4. The highest BCUT2D eigenvalue weighted by molar-refractivity contribution is 7.89. The number of nitrogens with zero attached hydrogens (tertiary/aromatic N) is 3. The monoisotopic (exact) mass is 452 g/mol. The van der Waals surface area contributed by atoms with E-state index in [4.69, 9.17) is 0 Å². The molecule has 2 aromatic carbocycles. The lowest BCUT2D eigenvalue weighted by atomic mass is 10.1. The van der Waals surface area contributed by atoms with E-state index in [0.29, 0.717) is 36.5 Å². The van der Waals surface area contributed by atoms with Crippen LogP contribution < -0.4 is 5.32 Å². The predicted octanol–water partition coefficient (Wildman–Crippen LogP) is 3.46. The molecule has 0 radical (unpaired) electrons. The lowest BCUT2D eigenvalue weighted by Crippen LogP contribution is -2.28. The lowest BCUT2D eigenvalue weighted by Gasteiger charge is -2.15. The molecule has 7 nitrogen and oxygen atoms in total. The first kappa shape index (κ1) is 22.2. The van der Waals surface area contributed by atoms with Gasteiger partial charge in [-0.1, -0.05) is 36.8 Å². The molecule has 2 heterocycles. The standard InChI is InChI=1S/C24H28N4O3S/c1-3-23-22(17-26-28(23)20-10-6-18(2)7-11-20)24(29)25-16-19-8-12-21(13-9-19)32(30,31)27-14-4-5-15-27/h6-13,17H,3-5,14-16H2,1-2H3,(H,25,29). The van der Waals surface area contributed by atoms with Gasteiger partial charge in [0.15, 0.2) is 0 Å². The number of hydrogen-bond donors (Lipinski definition) is 1. The number of carbonyl (C=O) groups is 1. The van der Waals surface area contributed by atoms with Crippen molar-refractivity contribution < 1.29 is 13.2 Å². The van der Waals surface area contributed by atoms with Gasteiger partial charge in [-0.15, -0.1) is 0 Å². The Hall–Kier alpha value is -2.97. The van der Waals surface area contributed by atoms with Gasteiger partial charge >= 0.3 is 0 Å². The van der Waals surface area contributed by atoms with Crippen molar-refractivity contribution in [3.63, 3.8) is 0 Å². The molecule has 1 fully saturated rings. The van der Waals surface area contributed by atoms with Crippen molar-refractivity contribution in [2.24, 2.45) is 0 Å². The third kappa shape index (κ3) is 4.47. The molecule has 0 bridgehead atoms. The van der Waals surface area contributed by atoms with Crippen molar-refractivity contribution in [3.8, 4) is 5.69 Å². The average molecular weight is 453 g/mol. The van der Waals surface area contributed by atoms with E-state index >= 15 is 0 Å². The Bertz CT molecular complexity index is 1190. The van der Waals surface area contributed by atoms with E-state index in [-0.39, 0.29) is 5.91 Å². The average Bonchev–Trinajstić information content (AvgIpc) is 3.49. The van der Waals surface area contributed by atoms with Crippen LogP contribution in [0.1, 0.15) is 46.9 Å². The summed E-state index contributed by atoms with van der Waals surface area (Å²) in [6.45, 7) is 5.49. The molecule has 0 saturated carbocycles. The molecule has 4 rings (SSSR count). The minimum absolute atomic E-state index is 0.200. The second kappa shape index (κ2) is 9.26. The molecule has 1 amide bonds. The molecule has 0 aliphatic carbocycles. The molecule has 1 aliphatic rings. The molecule has 0 spiro atoms. The van der Waals surface area contributed by atoms with Gasteiger partial charge in [0.2, 0.25) is 10.0 Å². The number of aromatic nitrogens is 2. The molecular formula is C24H28N4O3S. The molecule has 0 unspecified atom stereocenters. The van der Waals surface area contributed by atoms with Gasteiger partial charge in [-0.2, -0.15) is 9.40 Å². The lowest BCUT2D eigenvalue weighted by molar-refractivity contribution is 0.0950. The number of amides is 1. The van der Waals surface area contributed by atoms with Crippen LogP contribution >= 0.6 is 0 Å². The number of sulfonamides is 1. The van der Waals surface area contributed by atoms with Gasteiger partial charge in [0.05, 0.1) is 28.0 Å². The highest BCUT2D eigenvalue weighted by Gasteiger charge is 2.27. The van der Waals surface area contributed by atoms with Gasteiger partial charge in [-0.3, -0.25) is 4.79 Å². The SMILES string of the molecule is CCc1c(C(=O)NCc2ccc(S(=O)(=O)N3CCCC3)cc2)cnn1-c1ccc(C)cc1. The van der Waals surface area contributed by atoms with Crippen molar-refractivity contribution in [3.05, 3.63) is 77.1 Å². The highest BCUT2D eigenvalue weighted by atomic mass is 32.2. The Balaban J connectivity index is 1.44. The number of rotatable bonds is 7. The first-order valence-electron chi connectivity index (χ1n) is 10.9. The zero-order chi connectivity index (χ0) is 22.7. The van der Waals surface area contributed by atoms with E-state index in [1.165, 1.54) is 4.31 Å². The fourth-order valence-corrected chi connectivity index (χ4v) is 5.46. The molecule has 8 heteroatoms. The highest BCUT2D eigenvalue weighted by Crippen LogP contribution is 2.21. The van der Waals surface area contributed by atoms with Gasteiger partial charge in [-0.05, 0) is 56.0 Å². The van der Waals surface area contributed by atoms with E-state index in [0.717, 1.165) is 35.3 Å². The molecule has 0 atom stereocenters. The topological polar surface area (TPSA) is 84.3 Å². The van der Waals surface area contributed by atoms with E-state index in [2.05, 4.69) is 10.4 Å². The second-order valence-corrected chi connectivity index (χ2v) is 9.98. The molecular weight excluding hydrogens is 424 g/mol. The fourth-order valence-electron chi connectivity index (χ4n) is 3.95. The third-order valence-electron chi connectivity index (χ3n) is 5.81. The Morgan fingerprint density at radius 1 is 1.03 bits per heavy atom. The molecule has 168 valence electrons. The first-order valence-corrected chi connectivity index (χ1v) is 12.4. The van der Waals surface area contributed by atoms with Crippen LogP contribution in [0.2, 0.25) is 0 Å². The smallest absolute Gasteiger partial charge is 0.255 e. The van der Waals surface area contributed by atoms with Crippen molar-refractivity contribution in [1.82, 2.24) is 19.4 Å². The van der Waals surface area contributed by atoms with Crippen LogP contribution in [-0.2, 0) is 23.0 Å². The largest absolute Gasteiger partial charge is 0.348 e. The Labute approximate surface area is 189 Å². The minimum atomic E-state index is -3.43. The van der Waals surface area contributed by atoms with Crippen LogP contribution in [0.15, 0.2) is 59.6 Å². The van der Waals surface area contributed by atoms with E-state index < -0.39 is 10.0 Å². The molecule has 32 heavy (non-hydrogen) atoms. The maximum atomic E-state index is 12.8. The van der Waals surface area contributed by atoms with Gasteiger partial charge < -0.3 is 5.32 Å². The number of nitrogens with one attached hydrogen (secondary N) is 1. The molecule has 3 aromatic rings. The summed E-state index contributed by atoms with van der Waals surface area (Å²) in [6, 6.07) is 14.7. The van der Waals surface area contributed by atoms with Crippen LogP contribution in [0.25, 0.3) is 5.69 Å². The molecule has 1 aromatic heterocycles. The minimum Gasteiger partial charge on any atom is -0.348 e. The van der Waals surface area contributed by atoms with Crippen LogP contribution in [0.4, 0.5) is 0 Å². The third-order valence-corrected chi connectivity index (χ3v) is 7.72. The summed E-state index contributed by atoms with van der Waals surface area (Å²) in [5.74, 6) is -0.200. The predicted molar refractivity (Wildman–Crippen MR) is 123 cm³/mol. The summed E-state index contributed by atoms with van der Waals surface area (Å²) < 4.78 is 28.6. The van der Waals surface area contributed by atoms with Crippen LogP contribution in [0, 0.1) is 6.92 Å². The van der Waals surface area contributed by atoms with E-state index in [1.54, 1.807) is 35.1 Å². The normalized spacial score (nSPS) is 14.6. The van der Waals surface area contributed by atoms with Gasteiger partial charge in [0, 0.05) is 19.6 Å². The summed E-state index contributed by atoms with van der Waals surface area (Å²) >= 11 is 0. The van der Waals surface area contributed by atoms with Crippen molar-refractivity contribution in [2.75, 3.05) is 13.1 Å². The second-order valence-electron chi connectivity index (χ2n) is 8.04. The maximum absolute atomic E-state index is 12.8. The van der Waals surface area contributed by atoms with Gasteiger partial charge in [-0.25, -0.2) is 13.1 Å². The van der Waals surface area contributed by atoms with Crippen LogP contribution in [0.5, 0.6) is 0 Å². The summed E-state index contributed by atoms with van der Waals surface area (Å²) in [5.41, 5.74) is 4.31. The summed E-state index contributed by atoms with van der Waals surface area (Å²) in [7, 11) is -3.43. The quantitative estimate of drug-likeness (QED) is 0.595. The number of benzene rings is 2.